The average molecular weight is 839 g/mol. The van der Waals surface area contributed by atoms with E-state index in [0.29, 0.717) is 0 Å². The Labute approximate surface area is 319 Å². The maximum atomic E-state index is 10.7. The first kappa shape index (κ1) is 43.0. The van der Waals surface area contributed by atoms with Gasteiger partial charge in [-0.15, -0.1) is 0 Å². The van der Waals surface area contributed by atoms with Gasteiger partial charge in [-0.2, -0.15) is 26.3 Å². The molecule has 7 nitrogen and oxygen atoms in total. The van der Waals surface area contributed by atoms with Gasteiger partial charge in [-0.25, -0.2) is 16.8 Å². The van der Waals surface area contributed by atoms with Crippen LogP contribution in [0.3, 0.4) is 0 Å². The molecule has 0 fully saturated rings. The molecule has 0 aliphatic rings. The highest BCUT2D eigenvalue weighted by Crippen LogP contribution is 2.35. The molecule has 0 unspecified atom stereocenters. The van der Waals surface area contributed by atoms with E-state index in [-0.39, 0.29) is 21.8 Å². The largest absolute Gasteiger partial charge is 0.741 e. The zero-order chi connectivity index (χ0) is 40.3. The van der Waals surface area contributed by atoms with Crippen LogP contribution in [0.4, 0.5) is 26.3 Å². The minimum atomic E-state index is -6.09. The molecule has 0 atom stereocenters. The molecule has 288 valence electrons. The van der Waals surface area contributed by atoms with Crippen LogP contribution in [0.2, 0.25) is 0 Å². The molecular formula is C38H28F6O7S4. The fourth-order valence-electron chi connectivity index (χ4n) is 4.47. The molecule has 55 heavy (non-hydrogen) atoms. The normalized spacial score (nSPS) is 11.9. The van der Waals surface area contributed by atoms with Gasteiger partial charge in [-0.3, -0.25) is 0 Å². The van der Waals surface area contributed by atoms with Gasteiger partial charge >= 0.3 is 11.0 Å². The summed E-state index contributed by atoms with van der Waals surface area (Å²) in [5.41, 5.74) is -11.3. The van der Waals surface area contributed by atoms with Crippen molar-refractivity contribution < 1.29 is 57.0 Å². The van der Waals surface area contributed by atoms with E-state index in [1.807, 2.05) is 0 Å². The lowest BCUT2D eigenvalue weighted by Gasteiger charge is -2.10. The molecule has 0 spiro atoms. The van der Waals surface area contributed by atoms with Gasteiger partial charge in [0.25, 0.3) is 0 Å². The standard InChI is InChI=1S/C36H28OS2.2CHF3O3S/c1-5-13-31(14-6-1)38(32-15-7-2-8-16-32)35-25-21-29(22-26-35)37-30-23-27-36(28-24-30)39(33-17-9-3-10-18-33)34-19-11-4-12-20-34;2*2-1(3,4)8(5,6)7/h1-28H;2*(H,5,6,7)/q+2;;/p-2. The van der Waals surface area contributed by atoms with E-state index in [4.69, 9.17) is 30.7 Å². The first-order valence-electron chi connectivity index (χ1n) is 15.5. The lowest BCUT2D eigenvalue weighted by molar-refractivity contribution is -0.0522. The zero-order valence-corrected chi connectivity index (χ0v) is 31.2. The highest BCUT2D eigenvalue weighted by Gasteiger charge is 2.37. The van der Waals surface area contributed by atoms with E-state index < -0.39 is 31.3 Å². The van der Waals surface area contributed by atoms with Crippen LogP contribution in [0.15, 0.2) is 199 Å². The number of halogens is 6. The zero-order valence-electron chi connectivity index (χ0n) is 27.9. The summed E-state index contributed by atoms with van der Waals surface area (Å²) in [5, 5.41) is 0. The maximum absolute atomic E-state index is 10.7. The SMILES string of the molecule is O=S(=O)([O-])C(F)(F)F.O=S(=O)([O-])C(F)(F)F.c1ccc([S+](c2ccccc2)c2ccc(Oc3ccc([S+](c4ccccc4)c4ccccc4)cc3)cc2)cc1. The summed E-state index contributed by atoms with van der Waals surface area (Å²) in [6.07, 6.45) is 0. The van der Waals surface area contributed by atoms with Crippen LogP contribution in [-0.2, 0) is 42.0 Å². The third-order valence-electron chi connectivity index (χ3n) is 6.84. The summed E-state index contributed by atoms with van der Waals surface area (Å²) >= 11 is 0. The fourth-order valence-corrected chi connectivity index (χ4v) is 8.63. The predicted octanol–water partition coefficient (Wildman–Crippen LogP) is 9.77. The number of benzene rings is 6. The smallest absolute Gasteiger partial charge is 0.485 e. The Bertz CT molecular complexity index is 2050. The third-order valence-corrected chi connectivity index (χ3v) is 12.4. The lowest BCUT2D eigenvalue weighted by Crippen LogP contribution is -2.21. The minimum Gasteiger partial charge on any atom is -0.741 e. The Morgan fingerprint density at radius 2 is 0.545 bits per heavy atom. The molecule has 6 aromatic carbocycles. The quantitative estimate of drug-likeness (QED) is 0.0647. The summed E-state index contributed by atoms with van der Waals surface area (Å²) in [7, 11) is -12.5. The van der Waals surface area contributed by atoms with Gasteiger partial charge in [0, 0.05) is 0 Å². The second-order valence-corrected chi connectivity index (χ2v) is 17.5. The molecule has 0 amide bonds. The van der Waals surface area contributed by atoms with Gasteiger partial charge in [-0.1, -0.05) is 72.8 Å². The van der Waals surface area contributed by atoms with Crippen molar-refractivity contribution in [3.8, 4) is 11.5 Å². The van der Waals surface area contributed by atoms with Gasteiger partial charge in [0.05, 0.1) is 21.8 Å². The lowest BCUT2D eigenvalue weighted by atomic mass is 10.3. The monoisotopic (exact) mass is 838 g/mol. The van der Waals surface area contributed by atoms with E-state index >= 15 is 0 Å². The summed E-state index contributed by atoms with van der Waals surface area (Å²) < 4.78 is 124. The first-order chi connectivity index (χ1) is 25.8. The van der Waals surface area contributed by atoms with Gasteiger partial charge in [-0.05, 0) is 97.1 Å². The van der Waals surface area contributed by atoms with Crippen LogP contribution in [0.5, 0.6) is 11.5 Å². The van der Waals surface area contributed by atoms with Gasteiger partial charge in [0.1, 0.15) is 11.5 Å². The molecule has 6 aromatic rings. The van der Waals surface area contributed by atoms with Crippen molar-refractivity contribution in [2.75, 3.05) is 0 Å². The highest BCUT2D eigenvalue weighted by molar-refractivity contribution is 7.97. The average Bonchev–Trinajstić information content (AvgIpc) is 3.14. The Morgan fingerprint density at radius 3 is 0.727 bits per heavy atom. The first-order valence-corrected chi connectivity index (χ1v) is 20.7. The van der Waals surface area contributed by atoms with E-state index in [1.165, 1.54) is 29.4 Å². The van der Waals surface area contributed by atoms with E-state index in [0.717, 1.165) is 11.5 Å². The molecule has 0 aliphatic carbocycles. The van der Waals surface area contributed by atoms with Gasteiger partial charge < -0.3 is 13.8 Å². The predicted molar refractivity (Wildman–Crippen MR) is 195 cm³/mol. The summed E-state index contributed by atoms with van der Waals surface area (Å²) in [6, 6.07) is 59.9. The molecule has 0 saturated heterocycles. The summed E-state index contributed by atoms with van der Waals surface area (Å²) in [6.45, 7) is 0. The molecule has 17 heteroatoms. The summed E-state index contributed by atoms with van der Waals surface area (Å²) in [4.78, 5) is 7.76. The molecule has 0 saturated carbocycles. The van der Waals surface area contributed by atoms with Crippen LogP contribution in [0.25, 0.3) is 0 Å². The van der Waals surface area contributed by atoms with Gasteiger partial charge in [0.15, 0.2) is 49.6 Å². The summed E-state index contributed by atoms with van der Waals surface area (Å²) in [5.74, 6) is 1.67. The van der Waals surface area contributed by atoms with Crippen molar-refractivity contribution in [3.63, 3.8) is 0 Å². The van der Waals surface area contributed by atoms with Crippen molar-refractivity contribution in [2.45, 2.75) is 40.4 Å². The van der Waals surface area contributed by atoms with E-state index in [2.05, 4.69) is 170 Å². The van der Waals surface area contributed by atoms with Crippen LogP contribution >= 0.6 is 0 Å². The van der Waals surface area contributed by atoms with Crippen LogP contribution < -0.4 is 4.74 Å². The molecular weight excluding hydrogens is 811 g/mol. The number of alkyl halides is 6. The van der Waals surface area contributed by atoms with Crippen molar-refractivity contribution in [1.82, 2.24) is 0 Å². The Balaban J connectivity index is 0.000000354. The van der Waals surface area contributed by atoms with Crippen LogP contribution in [0, 0.1) is 0 Å². The van der Waals surface area contributed by atoms with Crippen molar-refractivity contribution in [2.24, 2.45) is 0 Å². The topological polar surface area (TPSA) is 124 Å². The fraction of sp³-hybridized carbons (Fsp3) is 0.0526. The van der Waals surface area contributed by atoms with Gasteiger partial charge in [0.2, 0.25) is 0 Å². The van der Waals surface area contributed by atoms with Crippen molar-refractivity contribution >= 4 is 42.0 Å². The molecule has 0 radical (unpaired) electrons. The molecule has 0 aromatic heterocycles. The molecule has 0 aliphatic heterocycles. The van der Waals surface area contributed by atoms with Crippen LogP contribution in [0.1, 0.15) is 0 Å². The number of hydrogen-bond donors (Lipinski definition) is 0. The molecule has 6 rings (SSSR count). The molecule has 0 N–H and O–H groups in total. The Morgan fingerprint density at radius 1 is 0.364 bits per heavy atom. The maximum Gasteiger partial charge on any atom is 0.485 e. The second kappa shape index (κ2) is 18.7. The molecule has 0 bridgehead atoms. The Hall–Kier alpha value is -4.78. The van der Waals surface area contributed by atoms with Crippen LogP contribution in [-0.4, -0.2) is 37.0 Å². The van der Waals surface area contributed by atoms with Crippen molar-refractivity contribution in [3.05, 3.63) is 170 Å². The number of rotatable bonds is 8. The van der Waals surface area contributed by atoms with E-state index in [9.17, 15) is 26.3 Å². The Kier molecular flexibility index (Phi) is 14.6. The third kappa shape index (κ3) is 12.6. The van der Waals surface area contributed by atoms with Crippen molar-refractivity contribution in [1.29, 1.82) is 0 Å². The highest BCUT2D eigenvalue weighted by atomic mass is 32.2. The van der Waals surface area contributed by atoms with E-state index in [1.54, 1.807) is 0 Å². The molecule has 0 heterocycles. The minimum absolute atomic E-state index is 0.169. The number of hydrogen-bond acceptors (Lipinski definition) is 7. The second-order valence-electron chi connectivity index (χ2n) is 10.7. The number of ether oxygens (including phenoxy) is 1.